The first-order valence-corrected chi connectivity index (χ1v) is 7.26. The van der Waals surface area contributed by atoms with Crippen molar-refractivity contribution in [1.29, 1.82) is 0 Å². The van der Waals surface area contributed by atoms with Gasteiger partial charge in [0.25, 0.3) is 0 Å². The molecule has 4 heterocycles. The molecule has 2 atom stereocenters. The summed E-state index contributed by atoms with van der Waals surface area (Å²) in [7, 11) is 1.97. The fourth-order valence-corrected chi connectivity index (χ4v) is 3.68. The second-order valence-corrected chi connectivity index (χ2v) is 5.96. The van der Waals surface area contributed by atoms with Gasteiger partial charge in [-0.25, -0.2) is 9.97 Å². The molecule has 0 unspecified atom stereocenters. The van der Waals surface area contributed by atoms with E-state index in [0.717, 1.165) is 18.8 Å². The molecule has 4 rings (SSSR count). The normalized spacial score (nSPS) is 24.9. The van der Waals surface area contributed by atoms with Crippen LogP contribution < -0.4 is 0 Å². The van der Waals surface area contributed by atoms with Crippen LogP contribution in [0.25, 0.3) is 0 Å². The van der Waals surface area contributed by atoms with Crippen molar-refractivity contribution in [3.8, 4) is 0 Å². The minimum absolute atomic E-state index is 0.490. The molecule has 2 aromatic rings. The molecule has 5 heteroatoms. The van der Waals surface area contributed by atoms with E-state index >= 15 is 0 Å². The van der Waals surface area contributed by atoms with Gasteiger partial charge in [0.05, 0.1) is 11.9 Å². The standard InChI is InChI=1S/C15H19N5/c1-10-16-7-13-14(18-10)5-12-3-4-15(13)20(12)9-11-6-17-19(2)8-11/h6-8,12,15H,3-5,9H2,1-2H3/t12-,15-/m1/s1. The highest BCUT2D eigenvalue weighted by Gasteiger charge is 2.40. The predicted molar refractivity (Wildman–Crippen MR) is 75.0 cm³/mol. The average molecular weight is 269 g/mol. The molecule has 2 bridgehead atoms. The van der Waals surface area contributed by atoms with Crippen molar-refractivity contribution < 1.29 is 0 Å². The molecular weight excluding hydrogens is 250 g/mol. The van der Waals surface area contributed by atoms with Crippen molar-refractivity contribution in [1.82, 2.24) is 24.6 Å². The van der Waals surface area contributed by atoms with Crippen LogP contribution in [0.1, 0.15) is 41.5 Å². The molecular formula is C15H19N5. The number of fused-ring (bicyclic) bond motifs is 4. The summed E-state index contributed by atoms with van der Waals surface area (Å²) < 4.78 is 1.88. The first-order chi connectivity index (χ1) is 9.70. The zero-order valence-electron chi connectivity index (χ0n) is 12.0. The first kappa shape index (κ1) is 12.0. The summed E-state index contributed by atoms with van der Waals surface area (Å²) in [6.07, 6.45) is 9.68. The summed E-state index contributed by atoms with van der Waals surface area (Å²) in [5, 5.41) is 4.27. The summed E-state index contributed by atoms with van der Waals surface area (Å²) >= 11 is 0. The third-order valence-electron chi connectivity index (χ3n) is 4.57. The third kappa shape index (κ3) is 1.85. The van der Waals surface area contributed by atoms with Crippen molar-refractivity contribution in [2.45, 2.75) is 44.8 Å². The zero-order chi connectivity index (χ0) is 13.7. The highest BCUT2D eigenvalue weighted by atomic mass is 15.3. The highest BCUT2D eigenvalue weighted by molar-refractivity contribution is 5.29. The smallest absolute Gasteiger partial charge is 0.125 e. The van der Waals surface area contributed by atoms with E-state index in [1.165, 1.54) is 29.7 Å². The van der Waals surface area contributed by atoms with Gasteiger partial charge < -0.3 is 0 Å². The third-order valence-corrected chi connectivity index (χ3v) is 4.57. The van der Waals surface area contributed by atoms with E-state index in [4.69, 9.17) is 0 Å². The summed E-state index contributed by atoms with van der Waals surface area (Å²) in [5.41, 5.74) is 3.90. The van der Waals surface area contributed by atoms with E-state index in [2.05, 4.69) is 26.2 Å². The lowest BCUT2D eigenvalue weighted by atomic mass is 9.99. The Kier molecular flexibility index (Phi) is 2.63. The topological polar surface area (TPSA) is 46.8 Å². The van der Waals surface area contributed by atoms with Crippen LogP contribution in [0.4, 0.5) is 0 Å². The molecule has 0 aromatic carbocycles. The molecule has 0 radical (unpaired) electrons. The van der Waals surface area contributed by atoms with Gasteiger partial charge in [-0.05, 0) is 19.8 Å². The SMILES string of the molecule is Cc1ncc2c(n1)C[C@H]1CC[C@H]2N1Cc1cnn(C)c1. The van der Waals surface area contributed by atoms with Gasteiger partial charge in [0.1, 0.15) is 5.82 Å². The maximum Gasteiger partial charge on any atom is 0.125 e. The molecule has 0 aliphatic carbocycles. The number of aromatic nitrogens is 4. The number of aryl methyl sites for hydroxylation is 2. The van der Waals surface area contributed by atoms with E-state index in [-0.39, 0.29) is 0 Å². The fourth-order valence-electron chi connectivity index (χ4n) is 3.68. The van der Waals surface area contributed by atoms with Gasteiger partial charge in [0, 0.05) is 55.6 Å². The van der Waals surface area contributed by atoms with Crippen LogP contribution in [0, 0.1) is 6.92 Å². The van der Waals surface area contributed by atoms with Crippen LogP contribution in [-0.2, 0) is 20.0 Å². The Bertz CT molecular complexity index is 647. The van der Waals surface area contributed by atoms with Crippen LogP contribution >= 0.6 is 0 Å². The molecule has 0 saturated carbocycles. The average Bonchev–Trinajstić information content (AvgIpc) is 2.94. The van der Waals surface area contributed by atoms with Crippen LogP contribution in [-0.4, -0.2) is 30.7 Å². The van der Waals surface area contributed by atoms with Crippen molar-refractivity contribution in [2.24, 2.45) is 7.05 Å². The van der Waals surface area contributed by atoms with Gasteiger partial charge in [-0.3, -0.25) is 9.58 Å². The number of rotatable bonds is 2. The maximum absolute atomic E-state index is 4.65. The summed E-state index contributed by atoms with van der Waals surface area (Å²) in [4.78, 5) is 11.7. The summed E-state index contributed by atoms with van der Waals surface area (Å²) in [5.74, 6) is 0.892. The minimum atomic E-state index is 0.490. The van der Waals surface area contributed by atoms with Gasteiger partial charge in [-0.15, -0.1) is 0 Å². The van der Waals surface area contributed by atoms with Gasteiger partial charge in [-0.2, -0.15) is 5.10 Å². The molecule has 104 valence electrons. The van der Waals surface area contributed by atoms with E-state index in [1.807, 2.05) is 31.0 Å². The van der Waals surface area contributed by atoms with Gasteiger partial charge in [0.2, 0.25) is 0 Å². The van der Waals surface area contributed by atoms with Crippen molar-refractivity contribution in [3.05, 3.63) is 41.2 Å². The van der Waals surface area contributed by atoms with Crippen molar-refractivity contribution >= 4 is 0 Å². The molecule has 2 aliphatic rings. The van der Waals surface area contributed by atoms with E-state index in [1.54, 1.807) is 0 Å². The van der Waals surface area contributed by atoms with Crippen LogP contribution in [0.15, 0.2) is 18.6 Å². The van der Waals surface area contributed by atoms with E-state index in [0.29, 0.717) is 12.1 Å². The van der Waals surface area contributed by atoms with Gasteiger partial charge in [-0.1, -0.05) is 0 Å². The highest BCUT2D eigenvalue weighted by Crippen LogP contribution is 2.43. The van der Waals surface area contributed by atoms with Gasteiger partial charge >= 0.3 is 0 Å². The number of nitrogens with zero attached hydrogens (tertiary/aromatic N) is 5. The number of hydrogen-bond donors (Lipinski definition) is 0. The Hall–Kier alpha value is -1.75. The second-order valence-electron chi connectivity index (χ2n) is 5.96. The molecule has 20 heavy (non-hydrogen) atoms. The molecule has 2 aromatic heterocycles. The minimum Gasteiger partial charge on any atom is -0.289 e. The second kappa shape index (κ2) is 4.38. The molecule has 0 N–H and O–H groups in total. The lowest BCUT2D eigenvalue weighted by Crippen LogP contribution is -2.37. The summed E-state index contributed by atoms with van der Waals surface area (Å²) in [6.45, 7) is 2.96. The van der Waals surface area contributed by atoms with Crippen molar-refractivity contribution in [3.63, 3.8) is 0 Å². The largest absolute Gasteiger partial charge is 0.289 e. The van der Waals surface area contributed by atoms with E-state index in [9.17, 15) is 0 Å². The Morgan fingerprint density at radius 3 is 3.00 bits per heavy atom. The van der Waals surface area contributed by atoms with Crippen LogP contribution in [0.5, 0.6) is 0 Å². The fraction of sp³-hybridized carbons (Fsp3) is 0.533. The Morgan fingerprint density at radius 2 is 2.20 bits per heavy atom. The lowest BCUT2D eigenvalue weighted by molar-refractivity contribution is 0.166. The monoisotopic (exact) mass is 269 g/mol. The first-order valence-electron chi connectivity index (χ1n) is 7.26. The van der Waals surface area contributed by atoms with Crippen LogP contribution in [0.2, 0.25) is 0 Å². The quantitative estimate of drug-likeness (QED) is 0.834. The molecule has 5 nitrogen and oxygen atoms in total. The van der Waals surface area contributed by atoms with Crippen molar-refractivity contribution in [2.75, 3.05) is 0 Å². The molecule has 0 amide bonds. The molecule has 1 fully saturated rings. The van der Waals surface area contributed by atoms with Gasteiger partial charge in [0.15, 0.2) is 0 Å². The Morgan fingerprint density at radius 1 is 1.30 bits per heavy atom. The Balaban J connectivity index is 1.65. The maximum atomic E-state index is 4.65. The molecule has 1 saturated heterocycles. The molecule has 0 spiro atoms. The van der Waals surface area contributed by atoms with Crippen LogP contribution in [0.3, 0.4) is 0 Å². The predicted octanol–water partition coefficient (Wildman–Crippen LogP) is 1.78. The van der Waals surface area contributed by atoms with E-state index < -0.39 is 0 Å². The Labute approximate surface area is 118 Å². The zero-order valence-corrected chi connectivity index (χ0v) is 12.0. The summed E-state index contributed by atoms with van der Waals surface area (Å²) in [6, 6.07) is 1.12. The number of hydrogen-bond acceptors (Lipinski definition) is 4. The molecule has 2 aliphatic heterocycles. The lowest BCUT2D eigenvalue weighted by Gasteiger charge is -2.35.